The van der Waals surface area contributed by atoms with Gasteiger partial charge in [0.2, 0.25) is 0 Å². The Morgan fingerprint density at radius 2 is 1.91 bits per heavy atom. The van der Waals surface area contributed by atoms with E-state index < -0.39 is 17.8 Å². The third-order valence-electron chi connectivity index (χ3n) is 5.99. The molecule has 0 radical (unpaired) electrons. The molecule has 1 saturated heterocycles. The molecule has 0 aromatic heterocycles. The van der Waals surface area contributed by atoms with Crippen molar-refractivity contribution in [2.45, 2.75) is 33.2 Å². The number of ether oxygens (including phenoxy) is 1. The zero-order chi connectivity index (χ0) is 24.7. The van der Waals surface area contributed by atoms with Crippen LogP contribution in [0.25, 0.3) is 0 Å². The molecular formula is C24H34FN5O4. The van der Waals surface area contributed by atoms with E-state index in [0.29, 0.717) is 62.6 Å². The summed E-state index contributed by atoms with van der Waals surface area (Å²) in [5, 5.41) is 5.73. The minimum atomic E-state index is -0.818. The molecule has 34 heavy (non-hydrogen) atoms. The summed E-state index contributed by atoms with van der Waals surface area (Å²) < 4.78 is 19.3. The molecule has 2 heterocycles. The summed E-state index contributed by atoms with van der Waals surface area (Å²) in [6.45, 7) is 9.36. The van der Waals surface area contributed by atoms with Crippen LogP contribution in [-0.4, -0.2) is 85.2 Å². The van der Waals surface area contributed by atoms with E-state index in [2.05, 4.69) is 15.5 Å². The number of hydrogen-bond donors (Lipinski definition) is 2. The molecule has 1 fully saturated rings. The van der Waals surface area contributed by atoms with Crippen molar-refractivity contribution < 1.29 is 23.5 Å². The maximum absolute atomic E-state index is 14.0. The van der Waals surface area contributed by atoms with Crippen molar-refractivity contribution in [3.63, 3.8) is 0 Å². The van der Waals surface area contributed by atoms with Gasteiger partial charge >= 0.3 is 18.0 Å². The van der Waals surface area contributed by atoms with Crippen molar-refractivity contribution in [1.29, 1.82) is 0 Å². The number of hydrogen-bond acceptors (Lipinski definition) is 5. The number of esters is 1. The minimum absolute atomic E-state index is 0.0775. The molecule has 0 spiro atoms. The number of rotatable bonds is 8. The van der Waals surface area contributed by atoms with Gasteiger partial charge in [0.1, 0.15) is 5.82 Å². The van der Waals surface area contributed by atoms with Crippen LogP contribution >= 0.6 is 0 Å². The quantitative estimate of drug-likeness (QED) is 0.564. The van der Waals surface area contributed by atoms with Crippen LogP contribution < -0.4 is 10.6 Å². The van der Waals surface area contributed by atoms with Gasteiger partial charge in [0, 0.05) is 51.5 Å². The van der Waals surface area contributed by atoms with E-state index in [4.69, 9.17) is 4.74 Å². The number of halogens is 1. The second-order valence-electron chi connectivity index (χ2n) is 8.26. The van der Waals surface area contributed by atoms with Gasteiger partial charge in [0.15, 0.2) is 0 Å². The topological polar surface area (TPSA) is 94.2 Å². The van der Waals surface area contributed by atoms with E-state index in [0.717, 1.165) is 6.42 Å². The summed E-state index contributed by atoms with van der Waals surface area (Å²) in [5.41, 5.74) is 1.32. The molecule has 10 heteroatoms. The fourth-order valence-corrected chi connectivity index (χ4v) is 4.26. The van der Waals surface area contributed by atoms with E-state index in [-0.39, 0.29) is 18.7 Å². The number of piperazine rings is 1. The van der Waals surface area contributed by atoms with Crippen molar-refractivity contribution in [1.82, 2.24) is 25.3 Å². The molecule has 1 aromatic rings. The van der Waals surface area contributed by atoms with Gasteiger partial charge in [-0.25, -0.2) is 18.8 Å². The minimum Gasteiger partial charge on any atom is -0.463 e. The SMILES string of the molecule is CCCNC(=O)N1CCN(CC2=C(C(=O)OCC)[C@@H](c3cccc(F)c3)NC(=O)N2CC)CC1. The summed E-state index contributed by atoms with van der Waals surface area (Å²) in [6.07, 6.45) is 0.873. The maximum Gasteiger partial charge on any atom is 0.338 e. The number of carbonyl (C=O) groups is 3. The van der Waals surface area contributed by atoms with Gasteiger partial charge in [-0.2, -0.15) is 0 Å². The van der Waals surface area contributed by atoms with Gasteiger partial charge < -0.3 is 20.3 Å². The molecule has 4 amide bonds. The normalized spacial score (nSPS) is 19.2. The van der Waals surface area contributed by atoms with E-state index in [1.165, 1.54) is 17.0 Å². The molecule has 0 bridgehead atoms. The first-order chi connectivity index (χ1) is 16.4. The van der Waals surface area contributed by atoms with Gasteiger partial charge in [-0.1, -0.05) is 19.1 Å². The Balaban J connectivity index is 1.89. The molecule has 3 rings (SSSR count). The van der Waals surface area contributed by atoms with Crippen molar-refractivity contribution in [3.8, 4) is 0 Å². The zero-order valence-electron chi connectivity index (χ0n) is 20.1. The largest absolute Gasteiger partial charge is 0.463 e. The van der Waals surface area contributed by atoms with E-state index >= 15 is 0 Å². The standard InChI is InChI=1S/C24H34FN5O4/c1-4-10-26-23(32)29-13-11-28(12-14-29)16-19-20(22(31)34-6-3)21(27-24(33)30(19)5-2)17-8-7-9-18(25)15-17/h7-9,15,21H,4-6,10-14,16H2,1-3H3,(H,26,32)(H,27,33)/t21-/m1/s1. The Morgan fingerprint density at radius 3 is 2.53 bits per heavy atom. The smallest absolute Gasteiger partial charge is 0.338 e. The van der Waals surface area contributed by atoms with E-state index in [1.54, 1.807) is 24.0 Å². The Bertz CT molecular complexity index is 930. The Hall–Kier alpha value is -3.14. The highest BCUT2D eigenvalue weighted by atomic mass is 19.1. The van der Waals surface area contributed by atoms with Crippen LogP contribution in [0.4, 0.5) is 14.0 Å². The van der Waals surface area contributed by atoms with Crippen LogP contribution in [0.2, 0.25) is 0 Å². The Morgan fingerprint density at radius 1 is 1.18 bits per heavy atom. The van der Waals surface area contributed by atoms with Gasteiger partial charge in [-0.3, -0.25) is 9.80 Å². The molecule has 2 aliphatic rings. The number of likely N-dealkylation sites (N-methyl/N-ethyl adjacent to an activating group) is 1. The van der Waals surface area contributed by atoms with Crippen molar-refractivity contribution >= 4 is 18.0 Å². The molecular weight excluding hydrogens is 441 g/mol. The highest BCUT2D eigenvalue weighted by Gasteiger charge is 2.38. The number of carbonyl (C=O) groups excluding carboxylic acids is 3. The van der Waals surface area contributed by atoms with Gasteiger partial charge in [0.25, 0.3) is 0 Å². The first kappa shape index (κ1) is 25.5. The number of benzene rings is 1. The second kappa shape index (κ2) is 11.8. The van der Waals surface area contributed by atoms with Crippen LogP contribution in [0.1, 0.15) is 38.8 Å². The third kappa shape index (κ3) is 5.85. The summed E-state index contributed by atoms with van der Waals surface area (Å²) >= 11 is 0. The van der Waals surface area contributed by atoms with E-state index in [9.17, 15) is 18.8 Å². The lowest BCUT2D eigenvalue weighted by Crippen LogP contribution is -2.55. The van der Waals surface area contributed by atoms with Crippen molar-refractivity contribution in [2.24, 2.45) is 0 Å². The van der Waals surface area contributed by atoms with Crippen LogP contribution in [0.15, 0.2) is 35.5 Å². The average molecular weight is 476 g/mol. The van der Waals surface area contributed by atoms with Crippen LogP contribution in [0.3, 0.4) is 0 Å². The molecule has 2 aliphatic heterocycles. The lowest BCUT2D eigenvalue weighted by molar-refractivity contribution is -0.139. The predicted octanol–water partition coefficient (Wildman–Crippen LogP) is 2.47. The van der Waals surface area contributed by atoms with E-state index in [1.807, 2.05) is 13.8 Å². The first-order valence-corrected chi connectivity index (χ1v) is 11.9. The fourth-order valence-electron chi connectivity index (χ4n) is 4.26. The van der Waals surface area contributed by atoms with Gasteiger partial charge in [-0.05, 0) is 38.0 Å². The second-order valence-corrected chi connectivity index (χ2v) is 8.26. The maximum atomic E-state index is 14.0. The summed E-state index contributed by atoms with van der Waals surface area (Å²) in [4.78, 5) is 43.8. The lowest BCUT2D eigenvalue weighted by atomic mass is 9.94. The zero-order valence-corrected chi connectivity index (χ0v) is 20.1. The molecule has 9 nitrogen and oxygen atoms in total. The molecule has 0 aliphatic carbocycles. The van der Waals surface area contributed by atoms with Crippen LogP contribution in [0.5, 0.6) is 0 Å². The van der Waals surface area contributed by atoms with Crippen molar-refractivity contribution in [3.05, 3.63) is 46.9 Å². The molecule has 0 saturated carbocycles. The monoisotopic (exact) mass is 475 g/mol. The Kier molecular flexibility index (Phi) is 8.86. The van der Waals surface area contributed by atoms with Gasteiger partial charge in [-0.15, -0.1) is 0 Å². The Labute approximate surface area is 199 Å². The summed E-state index contributed by atoms with van der Waals surface area (Å²) in [5.74, 6) is -0.991. The molecule has 2 N–H and O–H groups in total. The van der Waals surface area contributed by atoms with Crippen LogP contribution in [0, 0.1) is 5.82 Å². The number of urea groups is 2. The lowest BCUT2D eigenvalue weighted by Gasteiger charge is -2.40. The first-order valence-electron chi connectivity index (χ1n) is 11.9. The molecule has 186 valence electrons. The van der Waals surface area contributed by atoms with Crippen molar-refractivity contribution in [2.75, 3.05) is 52.4 Å². The molecule has 1 aromatic carbocycles. The average Bonchev–Trinajstić information content (AvgIpc) is 2.83. The molecule has 1 atom stereocenters. The van der Waals surface area contributed by atoms with Gasteiger partial charge in [0.05, 0.1) is 18.2 Å². The van der Waals surface area contributed by atoms with Crippen LogP contribution in [-0.2, 0) is 9.53 Å². The number of nitrogens with one attached hydrogen (secondary N) is 2. The highest BCUT2D eigenvalue weighted by molar-refractivity contribution is 5.95. The number of nitrogens with zero attached hydrogens (tertiary/aromatic N) is 3. The summed E-state index contributed by atoms with van der Waals surface area (Å²) in [6, 6.07) is 4.62. The predicted molar refractivity (Wildman–Crippen MR) is 125 cm³/mol. The fraction of sp³-hybridized carbons (Fsp3) is 0.542. The number of amides is 4. The summed E-state index contributed by atoms with van der Waals surface area (Å²) in [7, 11) is 0. The third-order valence-corrected chi connectivity index (χ3v) is 5.99. The molecule has 0 unspecified atom stereocenters. The highest BCUT2D eigenvalue weighted by Crippen LogP contribution is 2.32.